The number of aliphatic imine (C=N–C) groups is 1. The van der Waals surface area contributed by atoms with E-state index in [1.807, 2.05) is 0 Å². The zero-order valence-corrected chi connectivity index (χ0v) is 14.0. The Labute approximate surface area is 147 Å². The molecular weight excluding hydrogens is 346 g/mol. The summed E-state index contributed by atoms with van der Waals surface area (Å²) in [7, 11) is 0. The molecule has 0 radical (unpaired) electrons. The van der Waals surface area contributed by atoms with E-state index < -0.39 is 12.1 Å². The second kappa shape index (κ2) is 5.97. The highest BCUT2D eigenvalue weighted by atomic mass is 35.5. The Morgan fingerprint density at radius 1 is 1.12 bits per heavy atom. The molecule has 1 aliphatic heterocycles. The maximum absolute atomic E-state index is 13.9. The molecule has 1 aromatic heterocycles. The van der Waals surface area contributed by atoms with Gasteiger partial charge in [-0.15, -0.1) is 0 Å². The summed E-state index contributed by atoms with van der Waals surface area (Å²) in [6.45, 7) is 1.80. The van der Waals surface area contributed by atoms with Crippen LogP contribution in [-0.4, -0.2) is 15.8 Å². The average Bonchev–Trinajstić information content (AvgIpc) is 2.90. The fraction of sp³-hybridized carbons (Fsp3) is 0.111. The van der Waals surface area contributed by atoms with Gasteiger partial charge in [0.2, 0.25) is 6.29 Å². The van der Waals surface area contributed by atoms with E-state index in [0.717, 1.165) is 6.21 Å². The summed E-state index contributed by atoms with van der Waals surface area (Å²) in [5, 5.41) is 0.526. The van der Waals surface area contributed by atoms with Gasteiger partial charge in [0.05, 0.1) is 17.2 Å². The lowest BCUT2D eigenvalue weighted by Gasteiger charge is -2.31. The van der Waals surface area contributed by atoms with Crippen LogP contribution in [0.4, 0.5) is 14.5 Å². The molecule has 0 N–H and O–H groups in total. The van der Waals surface area contributed by atoms with Crippen molar-refractivity contribution in [1.29, 1.82) is 0 Å². The zero-order chi connectivity index (χ0) is 17.6. The molecule has 0 aliphatic carbocycles. The molecule has 2 heterocycles. The molecule has 4 nitrogen and oxygen atoms in total. The van der Waals surface area contributed by atoms with Crippen molar-refractivity contribution < 1.29 is 8.78 Å². The lowest BCUT2D eigenvalue weighted by Crippen LogP contribution is -2.30. The van der Waals surface area contributed by atoms with Crippen LogP contribution in [-0.2, 0) is 0 Å². The van der Waals surface area contributed by atoms with E-state index in [-0.39, 0.29) is 5.82 Å². The molecule has 0 fully saturated rings. The molecule has 126 valence electrons. The summed E-state index contributed by atoms with van der Waals surface area (Å²) in [5.74, 6) is -0.209. The molecular formula is C18H13ClF2N4. The summed E-state index contributed by atoms with van der Waals surface area (Å²) in [4.78, 5) is 10.4. The summed E-state index contributed by atoms with van der Waals surface area (Å²) < 4.78 is 29.4. The topological polar surface area (TPSA) is 33.4 Å². The first-order valence-electron chi connectivity index (χ1n) is 7.61. The van der Waals surface area contributed by atoms with Crippen molar-refractivity contribution in [2.24, 2.45) is 4.99 Å². The zero-order valence-electron chi connectivity index (χ0n) is 13.2. The molecule has 0 saturated heterocycles. The number of fused-ring (bicyclic) bond motifs is 1. The third-order valence-corrected chi connectivity index (χ3v) is 4.24. The van der Waals surface area contributed by atoms with Crippen molar-refractivity contribution in [3.8, 4) is 0 Å². The van der Waals surface area contributed by atoms with E-state index in [9.17, 15) is 8.78 Å². The molecule has 1 atom stereocenters. The number of aryl methyl sites for hydroxylation is 1. The van der Waals surface area contributed by atoms with Gasteiger partial charge in [0.15, 0.2) is 5.83 Å². The van der Waals surface area contributed by atoms with Gasteiger partial charge >= 0.3 is 0 Å². The van der Waals surface area contributed by atoms with Crippen LogP contribution in [0.15, 0.2) is 59.5 Å². The van der Waals surface area contributed by atoms with Crippen LogP contribution in [0, 0.1) is 12.7 Å². The van der Waals surface area contributed by atoms with Crippen LogP contribution in [0.2, 0.25) is 5.02 Å². The number of rotatable bonds is 2. The number of hydrogen-bond donors (Lipinski definition) is 0. The fourth-order valence-corrected chi connectivity index (χ4v) is 3.14. The Hall–Kier alpha value is -2.73. The lowest BCUT2D eigenvalue weighted by molar-refractivity contribution is 0.513. The van der Waals surface area contributed by atoms with Gasteiger partial charge in [0.1, 0.15) is 11.6 Å². The SMILES string of the molecule is Cc1nc2ccc(F)cc2n1C1N=CC(F)=CN1c1cccc(Cl)c1. The second-order valence-corrected chi connectivity index (χ2v) is 6.12. The maximum atomic E-state index is 13.9. The van der Waals surface area contributed by atoms with Crippen LogP contribution in [0.25, 0.3) is 11.0 Å². The van der Waals surface area contributed by atoms with Crippen molar-refractivity contribution in [1.82, 2.24) is 9.55 Å². The third kappa shape index (κ3) is 2.78. The van der Waals surface area contributed by atoms with E-state index in [1.165, 1.54) is 18.3 Å². The Bertz CT molecular complexity index is 1030. The number of aromatic nitrogens is 2. The van der Waals surface area contributed by atoms with Gasteiger partial charge in [0, 0.05) is 16.9 Å². The number of imidazole rings is 1. The van der Waals surface area contributed by atoms with Crippen LogP contribution in [0.1, 0.15) is 12.1 Å². The number of benzene rings is 2. The minimum atomic E-state index is -0.634. The largest absolute Gasteiger partial charge is 0.305 e. The third-order valence-electron chi connectivity index (χ3n) is 4.01. The van der Waals surface area contributed by atoms with Crippen LogP contribution < -0.4 is 4.90 Å². The van der Waals surface area contributed by atoms with Gasteiger partial charge in [0.25, 0.3) is 0 Å². The first-order valence-corrected chi connectivity index (χ1v) is 7.99. The number of nitrogens with zero attached hydrogens (tertiary/aromatic N) is 4. The number of allylic oxidation sites excluding steroid dienone is 1. The van der Waals surface area contributed by atoms with E-state index >= 15 is 0 Å². The van der Waals surface area contributed by atoms with Gasteiger partial charge in [-0.1, -0.05) is 17.7 Å². The molecule has 0 spiro atoms. The predicted molar refractivity (Wildman–Crippen MR) is 95.1 cm³/mol. The number of hydrogen-bond acceptors (Lipinski definition) is 3. The van der Waals surface area contributed by atoms with Gasteiger partial charge in [-0.2, -0.15) is 0 Å². The summed E-state index contributed by atoms with van der Waals surface area (Å²) >= 11 is 6.07. The quantitative estimate of drug-likeness (QED) is 0.646. The minimum absolute atomic E-state index is 0.371. The van der Waals surface area contributed by atoms with Crippen molar-refractivity contribution >= 4 is 34.5 Å². The first-order chi connectivity index (χ1) is 12.0. The second-order valence-electron chi connectivity index (χ2n) is 5.69. The van der Waals surface area contributed by atoms with Crippen molar-refractivity contribution in [3.63, 3.8) is 0 Å². The van der Waals surface area contributed by atoms with Crippen molar-refractivity contribution in [3.05, 3.63) is 71.2 Å². The number of anilines is 1. The highest BCUT2D eigenvalue weighted by Crippen LogP contribution is 2.33. The smallest absolute Gasteiger partial charge is 0.208 e. The number of halogens is 3. The van der Waals surface area contributed by atoms with E-state index in [0.29, 0.717) is 27.6 Å². The molecule has 0 saturated carbocycles. The molecule has 4 rings (SSSR count). The van der Waals surface area contributed by atoms with Gasteiger partial charge in [-0.05, 0) is 43.3 Å². The predicted octanol–water partition coefficient (Wildman–Crippen LogP) is 5.00. The molecule has 2 aromatic carbocycles. The molecule has 25 heavy (non-hydrogen) atoms. The molecule has 0 amide bonds. The Kier molecular flexibility index (Phi) is 3.77. The van der Waals surface area contributed by atoms with Gasteiger partial charge in [-0.3, -0.25) is 4.57 Å². The molecule has 1 aliphatic rings. The molecule has 1 unspecified atom stereocenters. The van der Waals surface area contributed by atoms with Crippen molar-refractivity contribution in [2.75, 3.05) is 4.90 Å². The normalized spacial score (nSPS) is 17.2. The van der Waals surface area contributed by atoms with Crippen LogP contribution in [0.5, 0.6) is 0 Å². The van der Waals surface area contributed by atoms with Crippen LogP contribution >= 0.6 is 11.6 Å². The fourth-order valence-electron chi connectivity index (χ4n) is 2.96. The minimum Gasteiger partial charge on any atom is -0.305 e. The summed E-state index contributed by atoms with van der Waals surface area (Å²) in [6, 6.07) is 11.4. The Morgan fingerprint density at radius 2 is 1.96 bits per heavy atom. The average molecular weight is 359 g/mol. The highest BCUT2D eigenvalue weighted by Gasteiger charge is 2.25. The highest BCUT2D eigenvalue weighted by molar-refractivity contribution is 6.30. The van der Waals surface area contributed by atoms with Gasteiger partial charge < -0.3 is 4.90 Å². The van der Waals surface area contributed by atoms with E-state index in [2.05, 4.69) is 9.98 Å². The Balaban J connectivity index is 1.90. The lowest BCUT2D eigenvalue weighted by atomic mass is 10.2. The van der Waals surface area contributed by atoms with Gasteiger partial charge in [-0.25, -0.2) is 18.8 Å². The van der Waals surface area contributed by atoms with E-state index in [4.69, 9.17) is 11.6 Å². The maximum Gasteiger partial charge on any atom is 0.208 e. The monoisotopic (exact) mass is 358 g/mol. The summed E-state index contributed by atoms with van der Waals surface area (Å²) in [6.07, 6.45) is 1.86. The van der Waals surface area contributed by atoms with Crippen molar-refractivity contribution in [2.45, 2.75) is 13.2 Å². The molecule has 7 heteroatoms. The Morgan fingerprint density at radius 3 is 2.76 bits per heavy atom. The molecule has 3 aromatic rings. The van der Waals surface area contributed by atoms with E-state index in [1.54, 1.807) is 46.7 Å². The molecule has 0 bridgehead atoms. The summed E-state index contributed by atoms with van der Waals surface area (Å²) in [5.41, 5.74) is 1.90. The van der Waals surface area contributed by atoms with Crippen LogP contribution in [0.3, 0.4) is 0 Å². The standard InChI is InChI=1S/C18H13ClF2N4/c1-11-23-16-6-5-13(20)8-17(16)25(11)18-22-9-14(21)10-24(18)15-4-2-3-12(19)7-15/h2-10,18H,1H3. The first kappa shape index (κ1) is 15.8.